The average Bonchev–Trinajstić information content (AvgIpc) is 2.24. The molecule has 0 rings (SSSR count). The van der Waals surface area contributed by atoms with Crippen LogP contribution in [0, 0.1) is 0 Å². The van der Waals surface area contributed by atoms with Crippen molar-refractivity contribution in [3.63, 3.8) is 0 Å². The van der Waals surface area contributed by atoms with Gasteiger partial charge in [-0.15, -0.1) is 0 Å². The van der Waals surface area contributed by atoms with Crippen LogP contribution in [0.4, 0.5) is 0 Å². The summed E-state index contributed by atoms with van der Waals surface area (Å²) in [5.74, 6) is -0.454. The lowest BCUT2D eigenvalue weighted by molar-refractivity contribution is -0.517. The third-order valence-corrected chi connectivity index (χ3v) is 2.28. The summed E-state index contributed by atoms with van der Waals surface area (Å²) in [7, 11) is 0. The second kappa shape index (κ2) is 8.50. The van der Waals surface area contributed by atoms with E-state index >= 15 is 0 Å². The van der Waals surface area contributed by atoms with Gasteiger partial charge >= 0.3 is 5.97 Å². The maximum atomic E-state index is 11.1. The largest absolute Gasteiger partial charge is 0.396 e. The van der Waals surface area contributed by atoms with E-state index in [9.17, 15) is 4.79 Å². The standard InChI is InChI=1S/C11H22O5/c1-4-11(2,3)15-16-14-10(13)8-6-5-7-9-12/h12H,4-9H2,1-3H3. The summed E-state index contributed by atoms with van der Waals surface area (Å²) < 4.78 is 0. The Kier molecular flexibility index (Phi) is 8.15. The normalized spacial score (nSPS) is 11.5. The molecule has 16 heavy (non-hydrogen) atoms. The van der Waals surface area contributed by atoms with Crippen LogP contribution >= 0.6 is 0 Å². The van der Waals surface area contributed by atoms with Crippen LogP contribution in [0.15, 0.2) is 0 Å². The third kappa shape index (κ3) is 8.64. The highest BCUT2D eigenvalue weighted by atomic mass is 17.5. The van der Waals surface area contributed by atoms with Crippen LogP contribution in [0.3, 0.4) is 0 Å². The molecule has 0 heterocycles. The van der Waals surface area contributed by atoms with Gasteiger partial charge in [-0.05, 0) is 38.1 Å². The first kappa shape index (κ1) is 15.3. The molecule has 0 aliphatic carbocycles. The second-order valence-electron chi connectivity index (χ2n) is 4.25. The van der Waals surface area contributed by atoms with Gasteiger partial charge < -0.3 is 5.11 Å². The number of hydrogen-bond acceptors (Lipinski definition) is 5. The molecule has 0 saturated carbocycles. The van der Waals surface area contributed by atoms with Crippen LogP contribution in [0.1, 0.15) is 52.9 Å². The Morgan fingerprint density at radius 3 is 2.50 bits per heavy atom. The fourth-order valence-electron chi connectivity index (χ4n) is 0.806. The Hall–Kier alpha value is -0.650. The van der Waals surface area contributed by atoms with Crippen LogP contribution in [0.5, 0.6) is 0 Å². The highest BCUT2D eigenvalue weighted by molar-refractivity contribution is 5.68. The zero-order valence-electron chi connectivity index (χ0n) is 10.3. The van der Waals surface area contributed by atoms with Gasteiger partial charge in [0.25, 0.3) is 0 Å². The number of unbranched alkanes of at least 4 members (excludes halogenated alkanes) is 2. The predicted octanol–water partition coefficient (Wildman–Crippen LogP) is 2.13. The molecule has 0 spiro atoms. The number of hydrogen-bond donors (Lipinski definition) is 1. The van der Waals surface area contributed by atoms with Crippen molar-refractivity contribution in [1.82, 2.24) is 0 Å². The topological polar surface area (TPSA) is 65.0 Å². The van der Waals surface area contributed by atoms with Crippen LogP contribution in [0.2, 0.25) is 0 Å². The van der Waals surface area contributed by atoms with Crippen molar-refractivity contribution in [2.24, 2.45) is 0 Å². The van der Waals surface area contributed by atoms with E-state index in [4.69, 9.17) is 9.99 Å². The molecule has 0 atom stereocenters. The molecule has 96 valence electrons. The summed E-state index contributed by atoms with van der Waals surface area (Å²) in [5, 5.41) is 12.9. The number of aliphatic hydroxyl groups is 1. The summed E-state index contributed by atoms with van der Waals surface area (Å²) in [6, 6.07) is 0. The summed E-state index contributed by atoms with van der Waals surface area (Å²) in [4.78, 5) is 20.4. The highest BCUT2D eigenvalue weighted by Crippen LogP contribution is 2.14. The first-order valence-corrected chi connectivity index (χ1v) is 5.68. The van der Waals surface area contributed by atoms with Crippen LogP contribution in [-0.4, -0.2) is 23.3 Å². The van der Waals surface area contributed by atoms with Crippen molar-refractivity contribution in [3.8, 4) is 0 Å². The third-order valence-electron chi connectivity index (χ3n) is 2.28. The maximum absolute atomic E-state index is 11.1. The molecule has 0 amide bonds. The fourth-order valence-corrected chi connectivity index (χ4v) is 0.806. The molecular weight excluding hydrogens is 212 g/mol. The van der Waals surface area contributed by atoms with Crippen molar-refractivity contribution < 1.29 is 24.7 Å². The zero-order chi connectivity index (χ0) is 12.4. The summed E-state index contributed by atoms with van der Waals surface area (Å²) in [6.07, 6.45) is 3.21. The summed E-state index contributed by atoms with van der Waals surface area (Å²) in [5.41, 5.74) is -0.461. The van der Waals surface area contributed by atoms with E-state index < -0.39 is 11.6 Å². The average molecular weight is 234 g/mol. The lowest BCUT2D eigenvalue weighted by Crippen LogP contribution is -2.24. The molecule has 0 aliphatic rings. The minimum absolute atomic E-state index is 0.152. The quantitative estimate of drug-likeness (QED) is 0.376. The number of aliphatic hydroxyl groups excluding tert-OH is 1. The molecule has 0 aliphatic heterocycles. The minimum Gasteiger partial charge on any atom is -0.396 e. The molecule has 1 N–H and O–H groups in total. The molecule has 0 bridgehead atoms. The zero-order valence-corrected chi connectivity index (χ0v) is 10.3. The molecule has 0 unspecified atom stereocenters. The number of carbonyl (C=O) groups excluding carboxylic acids is 1. The molecule has 0 aromatic carbocycles. The molecule has 0 saturated heterocycles. The Balaban J connectivity index is 3.44. The number of carbonyl (C=O) groups is 1. The van der Waals surface area contributed by atoms with Gasteiger partial charge in [0.05, 0.1) is 0 Å². The van der Waals surface area contributed by atoms with Gasteiger partial charge in [-0.2, -0.15) is 4.89 Å². The van der Waals surface area contributed by atoms with E-state index in [0.717, 1.165) is 12.8 Å². The van der Waals surface area contributed by atoms with Gasteiger partial charge in [0.2, 0.25) is 0 Å². The van der Waals surface area contributed by atoms with E-state index in [2.05, 4.69) is 9.93 Å². The van der Waals surface area contributed by atoms with E-state index in [1.807, 2.05) is 20.8 Å². The minimum atomic E-state index is -0.461. The van der Waals surface area contributed by atoms with E-state index in [1.54, 1.807) is 0 Å². The molecular formula is C11H22O5. The smallest absolute Gasteiger partial charge is 0.345 e. The van der Waals surface area contributed by atoms with E-state index in [1.165, 1.54) is 0 Å². The molecule has 0 aromatic rings. The van der Waals surface area contributed by atoms with Crippen molar-refractivity contribution in [2.75, 3.05) is 6.61 Å². The Morgan fingerprint density at radius 1 is 1.25 bits per heavy atom. The lowest BCUT2D eigenvalue weighted by atomic mass is 10.1. The van der Waals surface area contributed by atoms with Crippen molar-refractivity contribution >= 4 is 5.97 Å². The van der Waals surface area contributed by atoms with Crippen molar-refractivity contribution in [2.45, 2.75) is 58.5 Å². The summed E-state index contributed by atoms with van der Waals surface area (Å²) >= 11 is 0. The Morgan fingerprint density at radius 2 is 1.94 bits per heavy atom. The van der Waals surface area contributed by atoms with Gasteiger partial charge in [-0.3, -0.25) is 4.89 Å². The van der Waals surface area contributed by atoms with Gasteiger partial charge in [0.15, 0.2) is 0 Å². The van der Waals surface area contributed by atoms with Gasteiger partial charge in [0.1, 0.15) is 5.60 Å². The van der Waals surface area contributed by atoms with Crippen LogP contribution in [-0.2, 0) is 19.6 Å². The molecule has 0 radical (unpaired) electrons. The molecule has 0 aromatic heterocycles. The maximum Gasteiger partial charge on any atom is 0.345 e. The second-order valence-corrected chi connectivity index (χ2v) is 4.25. The highest BCUT2D eigenvalue weighted by Gasteiger charge is 2.18. The predicted molar refractivity (Wildman–Crippen MR) is 58.2 cm³/mol. The monoisotopic (exact) mass is 234 g/mol. The molecule has 5 nitrogen and oxygen atoms in total. The van der Waals surface area contributed by atoms with Gasteiger partial charge in [0, 0.05) is 13.0 Å². The fraction of sp³-hybridized carbons (Fsp3) is 0.909. The van der Waals surface area contributed by atoms with Crippen molar-refractivity contribution in [1.29, 1.82) is 0 Å². The van der Waals surface area contributed by atoms with Gasteiger partial charge in [-0.1, -0.05) is 13.3 Å². The Labute approximate surface area is 96.5 Å². The number of rotatable bonds is 9. The lowest BCUT2D eigenvalue weighted by Gasteiger charge is -2.19. The molecule has 0 fully saturated rings. The summed E-state index contributed by atoms with van der Waals surface area (Å²) in [6.45, 7) is 5.77. The first-order chi connectivity index (χ1) is 7.52. The molecule has 5 heteroatoms. The van der Waals surface area contributed by atoms with Crippen LogP contribution < -0.4 is 0 Å². The van der Waals surface area contributed by atoms with Crippen LogP contribution in [0.25, 0.3) is 0 Å². The Bertz CT molecular complexity index is 191. The first-order valence-electron chi connectivity index (χ1n) is 5.68. The van der Waals surface area contributed by atoms with Crippen molar-refractivity contribution in [3.05, 3.63) is 0 Å². The van der Waals surface area contributed by atoms with Gasteiger partial charge in [-0.25, -0.2) is 4.79 Å². The van der Waals surface area contributed by atoms with E-state index in [-0.39, 0.29) is 13.0 Å². The SMILES string of the molecule is CCC(C)(C)OOOC(=O)CCCCCO. The van der Waals surface area contributed by atoms with E-state index in [0.29, 0.717) is 12.8 Å².